The highest BCUT2D eigenvalue weighted by atomic mass is 14.9. The van der Waals surface area contributed by atoms with Gasteiger partial charge in [-0.2, -0.15) is 0 Å². The van der Waals surface area contributed by atoms with Crippen LogP contribution in [0.1, 0.15) is 57.8 Å². The predicted molar refractivity (Wildman–Crippen MR) is 68.4 cm³/mol. The van der Waals surface area contributed by atoms with Gasteiger partial charge in [0, 0.05) is 0 Å². The van der Waals surface area contributed by atoms with E-state index in [0.717, 1.165) is 23.7 Å². The van der Waals surface area contributed by atoms with Crippen molar-refractivity contribution in [3.8, 4) is 0 Å². The van der Waals surface area contributed by atoms with Crippen molar-refractivity contribution in [1.29, 1.82) is 0 Å². The summed E-state index contributed by atoms with van der Waals surface area (Å²) in [4.78, 5) is 0. The van der Waals surface area contributed by atoms with Crippen LogP contribution in [0.25, 0.3) is 0 Å². The number of fused-ring (bicyclic) bond motifs is 1. The molecule has 0 aromatic heterocycles. The third-order valence-corrected chi connectivity index (χ3v) is 5.62. The SMILES string of the molecule is C1CCC2C(C1)CCCC2C1CCNCC1. The fraction of sp³-hybridized carbons (Fsp3) is 1.00. The molecule has 0 spiro atoms. The van der Waals surface area contributed by atoms with Crippen molar-refractivity contribution in [2.45, 2.75) is 57.8 Å². The molecule has 1 aliphatic heterocycles. The van der Waals surface area contributed by atoms with Gasteiger partial charge in [-0.15, -0.1) is 0 Å². The number of nitrogens with one attached hydrogen (secondary N) is 1. The standard InChI is InChI=1S/C15H27N/c1-2-6-14-12(4-1)5-3-7-15(14)13-8-10-16-11-9-13/h12-16H,1-11H2. The summed E-state index contributed by atoms with van der Waals surface area (Å²) in [5, 5.41) is 3.53. The van der Waals surface area contributed by atoms with E-state index in [1.54, 1.807) is 25.7 Å². The molecule has 1 nitrogen and oxygen atoms in total. The molecule has 92 valence electrons. The Bertz CT molecular complexity index is 217. The third-order valence-electron chi connectivity index (χ3n) is 5.62. The topological polar surface area (TPSA) is 12.0 Å². The van der Waals surface area contributed by atoms with E-state index >= 15 is 0 Å². The summed E-state index contributed by atoms with van der Waals surface area (Å²) in [6.45, 7) is 2.58. The first kappa shape index (κ1) is 11.1. The molecule has 2 aliphatic carbocycles. The van der Waals surface area contributed by atoms with E-state index in [2.05, 4.69) is 5.32 Å². The Kier molecular flexibility index (Phi) is 3.51. The molecule has 3 unspecified atom stereocenters. The Hall–Kier alpha value is -0.0400. The highest BCUT2D eigenvalue weighted by Crippen LogP contribution is 2.47. The number of piperidine rings is 1. The second-order valence-electron chi connectivity index (χ2n) is 6.39. The van der Waals surface area contributed by atoms with Gasteiger partial charge in [0.25, 0.3) is 0 Å². The highest BCUT2D eigenvalue weighted by molar-refractivity contribution is 4.89. The van der Waals surface area contributed by atoms with E-state index in [-0.39, 0.29) is 0 Å². The predicted octanol–water partition coefficient (Wildman–Crippen LogP) is 3.59. The van der Waals surface area contributed by atoms with Gasteiger partial charge in [0.2, 0.25) is 0 Å². The van der Waals surface area contributed by atoms with Crippen LogP contribution in [0.4, 0.5) is 0 Å². The maximum atomic E-state index is 3.53. The smallest absolute Gasteiger partial charge is 0.00462 e. The van der Waals surface area contributed by atoms with Gasteiger partial charge in [0.05, 0.1) is 0 Å². The Labute approximate surface area is 100 Å². The summed E-state index contributed by atoms with van der Waals surface area (Å²) in [5.74, 6) is 4.45. The first-order valence-electron chi connectivity index (χ1n) is 7.66. The summed E-state index contributed by atoms with van der Waals surface area (Å²) >= 11 is 0. The fourth-order valence-corrected chi connectivity index (χ4v) is 4.85. The molecule has 0 aromatic rings. The fourth-order valence-electron chi connectivity index (χ4n) is 4.85. The second kappa shape index (κ2) is 5.08. The van der Waals surface area contributed by atoms with Gasteiger partial charge in [-0.1, -0.05) is 32.1 Å². The zero-order valence-electron chi connectivity index (χ0n) is 10.6. The van der Waals surface area contributed by atoms with Crippen molar-refractivity contribution < 1.29 is 0 Å². The largest absolute Gasteiger partial charge is 0.317 e. The van der Waals surface area contributed by atoms with Gasteiger partial charge < -0.3 is 5.32 Å². The molecule has 3 rings (SSSR count). The van der Waals surface area contributed by atoms with Crippen LogP contribution >= 0.6 is 0 Å². The molecular formula is C15H27N. The summed E-state index contributed by atoms with van der Waals surface area (Å²) in [7, 11) is 0. The Morgan fingerprint density at radius 3 is 1.94 bits per heavy atom. The van der Waals surface area contributed by atoms with E-state index < -0.39 is 0 Å². The average molecular weight is 221 g/mol. The van der Waals surface area contributed by atoms with Crippen LogP contribution in [0.3, 0.4) is 0 Å². The molecule has 16 heavy (non-hydrogen) atoms. The monoisotopic (exact) mass is 221 g/mol. The second-order valence-corrected chi connectivity index (χ2v) is 6.39. The Morgan fingerprint density at radius 2 is 1.12 bits per heavy atom. The molecule has 1 N–H and O–H groups in total. The number of rotatable bonds is 1. The van der Waals surface area contributed by atoms with Gasteiger partial charge >= 0.3 is 0 Å². The van der Waals surface area contributed by atoms with Crippen LogP contribution in [0.2, 0.25) is 0 Å². The minimum Gasteiger partial charge on any atom is -0.317 e. The third kappa shape index (κ3) is 2.16. The lowest BCUT2D eigenvalue weighted by molar-refractivity contribution is 0.0526. The quantitative estimate of drug-likeness (QED) is 0.713. The average Bonchev–Trinajstić information content (AvgIpc) is 2.39. The van der Waals surface area contributed by atoms with Gasteiger partial charge in [0.15, 0.2) is 0 Å². The minimum absolute atomic E-state index is 1.08. The number of hydrogen-bond donors (Lipinski definition) is 1. The zero-order valence-corrected chi connectivity index (χ0v) is 10.6. The van der Waals surface area contributed by atoms with Crippen molar-refractivity contribution in [3.63, 3.8) is 0 Å². The molecular weight excluding hydrogens is 194 g/mol. The summed E-state index contributed by atoms with van der Waals surface area (Å²) in [6, 6.07) is 0. The van der Waals surface area contributed by atoms with E-state index in [1.165, 1.54) is 45.2 Å². The first-order valence-corrected chi connectivity index (χ1v) is 7.66. The molecule has 0 aromatic carbocycles. The molecule has 3 atom stereocenters. The maximum Gasteiger partial charge on any atom is -0.00462 e. The maximum absolute atomic E-state index is 3.53. The molecule has 3 fully saturated rings. The number of hydrogen-bond acceptors (Lipinski definition) is 1. The van der Waals surface area contributed by atoms with Crippen molar-refractivity contribution in [3.05, 3.63) is 0 Å². The van der Waals surface area contributed by atoms with Crippen LogP contribution in [0.5, 0.6) is 0 Å². The van der Waals surface area contributed by atoms with Crippen molar-refractivity contribution in [1.82, 2.24) is 5.32 Å². The van der Waals surface area contributed by atoms with E-state index in [1.807, 2.05) is 0 Å². The molecule has 0 amide bonds. The Balaban J connectivity index is 1.67. The lowest BCUT2D eigenvalue weighted by Crippen LogP contribution is -2.39. The first-order chi connectivity index (χ1) is 7.95. The highest BCUT2D eigenvalue weighted by Gasteiger charge is 2.38. The summed E-state index contributed by atoms with van der Waals surface area (Å²) in [6.07, 6.45) is 13.8. The van der Waals surface area contributed by atoms with Crippen LogP contribution in [-0.2, 0) is 0 Å². The molecule has 0 bridgehead atoms. The van der Waals surface area contributed by atoms with Gasteiger partial charge in [-0.05, 0) is 62.4 Å². The lowest BCUT2D eigenvalue weighted by atomic mass is 9.61. The molecule has 3 aliphatic rings. The summed E-state index contributed by atoms with van der Waals surface area (Å²) in [5.41, 5.74) is 0. The normalized spacial score (nSPS) is 41.6. The van der Waals surface area contributed by atoms with E-state index in [9.17, 15) is 0 Å². The van der Waals surface area contributed by atoms with E-state index in [4.69, 9.17) is 0 Å². The van der Waals surface area contributed by atoms with Crippen molar-refractivity contribution in [2.24, 2.45) is 23.7 Å². The summed E-state index contributed by atoms with van der Waals surface area (Å²) < 4.78 is 0. The minimum atomic E-state index is 1.08. The van der Waals surface area contributed by atoms with Gasteiger partial charge in [0.1, 0.15) is 0 Å². The van der Waals surface area contributed by atoms with Crippen LogP contribution in [0.15, 0.2) is 0 Å². The van der Waals surface area contributed by atoms with Crippen LogP contribution < -0.4 is 5.32 Å². The van der Waals surface area contributed by atoms with Crippen molar-refractivity contribution >= 4 is 0 Å². The van der Waals surface area contributed by atoms with Crippen LogP contribution in [-0.4, -0.2) is 13.1 Å². The molecule has 1 heteroatoms. The van der Waals surface area contributed by atoms with Crippen molar-refractivity contribution in [2.75, 3.05) is 13.1 Å². The van der Waals surface area contributed by atoms with Gasteiger partial charge in [-0.25, -0.2) is 0 Å². The Morgan fingerprint density at radius 1 is 0.562 bits per heavy atom. The lowest BCUT2D eigenvalue weighted by Gasteiger charge is -2.45. The van der Waals surface area contributed by atoms with Gasteiger partial charge in [-0.3, -0.25) is 0 Å². The molecule has 0 radical (unpaired) electrons. The molecule has 1 heterocycles. The van der Waals surface area contributed by atoms with Crippen LogP contribution in [0, 0.1) is 23.7 Å². The zero-order chi connectivity index (χ0) is 10.8. The molecule has 1 saturated heterocycles. The molecule has 2 saturated carbocycles. The van der Waals surface area contributed by atoms with E-state index in [0.29, 0.717) is 0 Å².